The minimum Gasteiger partial charge on any atom is -0.493 e. The Bertz CT molecular complexity index is 677. The first-order chi connectivity index (χ1) is 13.5. The maximum Gasteiger partial charge on any atom is 0.263 e. The Kier molecular flexibility index (Phi) is 7.14. The highest BCUT2D eigenvalue weighted by atomic mass is 16.6. The summed E-state index contributed by atoms with van der Waals surface area (Å²) in [6, 6.07) is 5.62. The van der Waals surface area contributed by atoms with Crippen molar-refractivity contribution in [2.45, 2.75) is 57.8 Å². The number of carbonyl (C=O) groups is 1. The molecule has 0 spiro atoms. The number of nitrogens with zero attached hydrogens (tertiary/aromatic N) is 2. The van der Waals surface area contributed by atoms with Crippen LogP contribution in [-0.4, -0.2) is 62.1 Å². The van der Waals surface area contributed by atoms with E-state index in [1.807, 2.05) is 32.0 Å². The van der Waals surface area contributed by atoms with Crippen molar-refractivity contribution in [1.82, 2.24) is 4.90 Å². The van der Waals surface area contributed by atoms with Gasteiger partial charge in [-0.1, -0.05) is 5.16 Å². The predicted molar refractivity (Wildman–Crippen MR) is 106 cm³/mol. The summed E-state index contributed by atoms with van der Waals surface area (Å²) in [6.07, 6.45) is 6.46. The summed E-state index contributed by atoms with van der Waals surface area (Å²) in [5, 5.41) is 3.94. The van der Waals surface area contributed by atoms with Gasteiger partial charge < -0.3 is 23.9 Å². The summed E-state index contributed by atoms with van der Waals surface area (Å²) in [6.45, 7) is 5.00. The van der Waals surface area contributed by atoms with Gasteiger partial charge in [-0.25, -0.2) is 0 Å². The highest BCUT2D eigenvalue weighted by molar-refractivity contribution is 5.81. The zero-order valence-electron chi connectivity index (χ0n) is 16.9. The molecule has 0 bridgehead atoms. The van der Waals surface area contributed by atoms with Crippen LogP contribution < -0.4 is 9.47 Å². The molecule has 7 heteroatoms. The lowest BCUT2D eigenvalue weighted by molar-refractivity contribution is -0.147. The molecule has 28 heavy (non-hydrogen) atoms. The molecule has 1 heterocycles. The molecule has 1 aliphatic carbocycles. The van der Waals surface area contributed by atoms with Gasteiger partial charge in [0.1, 0.15) is 0 Å². The molecule has 1 amide bonds. The molecule has 1 saturated carbocycles. The predicted octanol–water partition coefficient (Wildman–Crippen LogP) is 3.00. The Morgan fingerprint density at radius 2 is 1.93 bits per heavy atom. The molecular formula is C21H30N2O5. The lowest BCUT2D eigenvalue weighted by Gasteiger charge is -2.34. The standard InChI is InChI=1S/C21H30N2O5/c1-15-12-23(13-16(2)27-15)21(24)14-26-22-11-17-8-9-19(25-3)20(10-17)28-18-6-4-5-7-18/h8-11,15-16,18H,4-7,12-14H2,1-3H3/b22-11+/t15-,16+. The fourth-order valence-electron chi connectivity index (χ4n) is 3.71. The van der Waals surface area contributed by atoms with Gasteiger partial charge in [0.15, 0.2) is 18.1 Å². The lowest BCUT2D eigenvalue weighted by Crippen LogP contribution is -2.49. The molecular weight excluding hydrogens is 360 g/mol. The van der Waals surface area contributed by atoms with Crippen LogP contribution in [0.3, 0.4) is 0 Å². The largest absolute Gasteiger partial charge is 0.493 e. The number of oxime groups is 1. The third kappa shape index (κ3) is 5.61. The van der Waals surface area contributed by atoms with Crippen molar-refractivity contribution in [3.63, 3.8) is 0 Å². The zero-order chi connectivity index (χ0) is 19.9. The van der Waals surface area contributed by atoms with E-state index in [9.17, 15) is 4.79 Å². The van der Waals surface area contributed by atoms with Crippen LogP contribution in [0.15, 0.2) is 23.4 Å². The number of amides is 1. The van der Waals surface area contributed by atoms with Crippen LogP contribution in [0.25, 0.3) is 0 Å². The van der Waals surface area contributed by atoms with E-state index in [4.69, 9.17) is 19.0 Å². The molecule has 2 atom stereocenters. The van der Waals surface area contributed by atoms with E-state index in [1.54, 1.807) is 18.2 Å². The molecule has 154 valence electrons. The first kappa shape index (κ1) is 20.5. The van der Waals surface area contributed by atoms with Crippen LogP contribution in [0.2, 0.25) is 0 Å². The average molecular weight is 390 g/mol. The van der Waals surface area contributed by atoms with Crippen molar-refractivity contribution < 1.29 is 23.8 Å². The third-order valence-electron chi connectivity index (χ3n) is 5.02. The summed E-state index contributed by atoms with van der Waals surface area (Å²) in [4.78, 5) is 19.2. The minimum absolute atomic E-state index is 0.0359. The second kappa shape index (κ2) is 9.78. The monoisotopic (exact) mass is 390 g/mol. The van der Waals surface area contributed by atoms with Gasteiger partial charge >= 0.3 is 0 Å². The average Bonchev–Trinajstić information content (AvgIpc) is 3.17. The molecule has 1 aliphatic heterocycles. The second-order valence-electron chi connectivity index (χ2n) is 7.50. The highest BCUT2D eigenvalue weighted by Crippen LogP contribution is 2.32. The number of rotatable bonds is 7. The van der Waals surface area contributed by atoms with Crippen molar-refractivity contribution in [3.05, 3.63) is 23.8 Å². The summed E-state index contributed by atoms with van der Waals surface area (Å²) >= 11 is 0. The Morgan fingerprint density at radius 3 is 2.61 bits per heavy atom. The Morgan fingerprint density at radius 1 is 1.21 bits per heavy atom. The van der Waals surface area contributed by atoms with Crippen LogP contribution in [0.5, 0.6) is 11.5 Å². The molecule has 0 unspecified atom stereocenters. The molecule has 0 N–H and O–H groups in total. The van der Waals surface area contributed by atoms with E-state index in [1.165, 1.54) is 12.8 Å². The summed E-state index contributed by atoms with van der Waals surface area (Å²) in [7, 11) is 1.63. The number of hydrogen-bond acceptors (Lipinski definition) is 6. The van der Waals surface area contributed by atoms with E-state index < -0.39 is 0 Å². The topological polar surface area (TPSA) is 69.6 Å². The molecule has 7 nitrogen and oxygen atoms in total. The summed E-state index contributed by atoms with van der Waals surface area (Å²) in [5.41, 5.74) is 0.829. The third-order valence-corrected chi connectivity index (χ3v) is 5.02. The van der Waals surface area contributed by atoms with Crippen LogP contribution >= 0.6 is 0 Å². The van der Waals surface area contributed by atoms with Crippen molar-refractivity contribution >= 4 is 12.1 Å². The fourth-order valence-corrected chi connectivity index (χ4v) is 3.71. The molecule has 0 aromatic heterocycles. The van der Waals surface area contributed by atoms with E-state index in [2.05, 4.69) is 5.16 Å². The van der Waals surface area contributed by atoms with E-state index >= 15 is 0 Å². The maximum atomic E-state index is 12.3. The van der Waals surface area contributed by atoms with E-state index in [-0.39, 0.29) is 30.8 Å². The van der Waals surface area contributed by atoms with Gasteiger partial charge in [0, 0.05) is 18.7 Å². The molecule has 1 saturated heterocycles. The lowest BCUT2D eigenvalue weighted by atomic mass is 10.2. The zero-order valence-corrected chi connectivity index (χ0v) is 16.9. The summed E-state index contributed by atoms with van der Waals surface area (Å²) in [5.74, 6) is 1.33. The van der Waals surface area contributed by atoms with Gasteiger partial charge in [-0.3, -0.25) is 4.79 Å². The first-order valence-corrected chi connectivity index (χ1v) is 9.98. The molecule has 0 radical (unpaired) electrons. The Labute approximate surface area is 166 Å². The Balaban J connectivity index is 1.52. The van der Waals surface area contributed by atoms with Crippen molar-refractivity contribution in [2.24, 2.45) is 5.16 Å². The number of ether oxygens (including phenoxy) is 3. The highest BCUT2D eigenvalue weighted by Gasteiger charge is 2.26. The Hall–Kier alpha value is -2.28. The van der Waals surface area contributed by atoms with Crippen LogP contribution in [0.4, 0.5) is 0 Å². The van der Waals surface area contributed by atoms with Crippen molar-refractivity contribution in [3.8, 4) is 11.5 Å². The normalized spacial score (nSPS) is 23.2. The number of morpholine rings is 1. The smallest absolute Gasteiger partial charge is 0.263 e. The van der Waals surface area contributed by atoms with E-state index in [0.29, 0.717) is 24.6 Å². The summed E-state index contributed by atoms with van der Waals surface area (Å²) < 4.78 is 17.1. The fraction of sp³-hybridized carbons (Fsp3) is 0.619. The molecule has 1 aromatic carbocycles. The minimum atomic E-state index is -0.0858. The van der Waals surface area contributed by atoms with Gasteiger partial charge in [0.25, 0.3) is 5.91 Å². The quantitative estimate of drug-likeness (QED) is 0.529. The SMILES string of the molecule is COc1ccc(/C=N/OCC(=O)N2C[C@@H](C)O[C@@H](C)C2)cc1OC1CCCC1. The van der Waals surface area contributed by atoms with Gasteiger partial charge in [-0.05, 0) is 57.7 Å². The molecule has 3 rings (SSSR count). The van der Waals surface area contributed by atoms with Crippen molar-refractivity contribution in [1.29, 1.82) is 0 Å². The molecule has 2 aliphatic rings. The first-order valence-electron chi connectivity index (χ1n) is 9.98. The van der Waals surface area contributed by atoms with Gasteiger partial charge in [-0.2, -0.15) is 0 Å². The number of hydrogen-bond donors (Lipinski definition) is 0. The molecule has 1 aromatic rings. The van der Waals surface area contributed by atoms with E-state index in [0.717, 1.165) is 18.4 Å². The maximum absolute atomic E-state index is 12.3. The number of benzene rings is 1. The van der Waals surface area contributed by atoms with Gasteiger partial charge in [0.05, 0.1) is 31.6 Å². The van der Waals surface area contributed by atoms with Gasteiger partial charge in [0.2, 0.25) is 0 Å². The van der Waals surface area contributed by atoms with Crippen LogP contribution in [0.1, 0.15) is 45.1 Å². The van der Waals surface area contributed by atoms with Gasteiger partial charge in [-0.15, -0.1) is 0 Å². The van der Waals surface area contributed by atoms with Crippen LogP contribution in [0, 0.1) is 0 Å². The number of methoxy groups -OCH3 is 1. The van der Waals surface area contributed by atoms with Crippen molar-refractivity contribution in [2.75, 3.05) is 26.8 Å². The second-order valence-corrected chi connectivity index (χ2v) is 7.50. The van der Waals surface area contributed by atoms with Crippen LogP contribution in [-0.2, 0) is 14.4 Å². The molecule has 2 fully saturated rings. The number of carbonyl (C=O) groups excluding carboxylic acids is 1.